The molecule has 2 aromatic carbocycles. The van der Waals surface area contributed by atoms with Crippen LogP contribution in [0.5, 0.6) is 23.0 Å². The molecule has 0 radical (unpaired) electrons. The third kappa shape index (κ3) is 5.98. The summed E-state index contributed by atoms with van der Waals surface area (Å²) in [7, 11) is 0. The van der Waals surface area contributed by atoms with Crippen LogP contribution in [0.1, 0.15) is 12.0 Å². The number of aromatic amines is 1. The van der Waals surface area contributed by atoms with Crippen LogP contribution in [0.4, 0.5) is 0 Å². The van der Waals surface area contributed by atoms with Crippen molar-refractivity contribution in [3.05, 3.63) is 81.1 Å². The molecule has 2 N–H and O–H groups in total. The molecule has 0 spiro atoms. The standard InChI is InChI=1S/C22H21N3O6/c23-15-16-4-1-7-19(30-13-10-25-9-8-20(27)24-22(25)28)21(16)31-18-6-2-5-17(14-18)29-12-3-11-26/h1-2,4-9,14,26H,3,10-13H2,(H,24,27,28). The van der Waals surface area contributed by atoms with E-state index in [4.69, 9.17) is 19.3 Å². The molecule has 0 bridgehead atoms. The minimum absolute atomic E-state index is 0.0393. The number of hydrogen-bond acceptors (Lipinski definition) is 7. The molecule has 160 valence electrons. The topological polar surface area (TPSA) is 127 Å². The summed E-state index contributed by atoms with van der Waals surface area (Å²) >= 11 is 0. The van der Waals surface area contributed by atoms with Crippen LogP contribution in [0, 0.1) is 11.3 Å². The summed E-state index contributed by atoms with van der Waals surface area (Å²) in [4.78, 5) is 25.1. The van der Waals surface area contributed by atoms with Gasteiger partial charge in [-0.1, -0.05) is 12.1 Å². The Morgan fingerprint density at radius 1 is 1.03 bits per heavy atom. The van der Waals surface area contributed by atoms with Crippen molar-refractivity contribution >= 4 is 0 Å². The van der Waals surface area contributed by atoms with Gasteiger partial charge in [-0.25, -0.2) is 4.79 Å². The fourth-order valence-corrected chi connectivity index (χ4v) is 2.70. The van der Waals surface area contributed by atoms with E-state index in [0.29, 0.717) is 30.3 Å². The smallest absolute Gasteiger partial charge is 0.328 e. The van der Waals surface area contributed by atoms with E-state index in [2.05, 4.69) is 11.1 Å². The summed E-state index contributed by atoms with van der Waals surface area (Å²) in [5.74, 6) is 1.60. The first kappa shape index (κ1) is 21.7. The maximum absolute atomic E-state index is 11.8. The van der Waals surface area contributed by atoms with E-state index in [1.807, 2.05) is 0 Å². The summed E-state index contributed by atoms with van der Waals surface area (Å²) in [6, 6.07) is 15.2. The van der Waals surface area contributed by atoms with E-state index in [1.54, 1.807) is 42.5 Å². The van der Waals surface area contributed by atoms with Crippen molar-refractivity contribution in [2.45, 2.75) is 13.0 Å². The van der Waals surface area contributed by atoms with Gasteiger partial charge in [-0.15, -0.1) is 0 Å². The number of para-hydroxylation sites is 1. The Kier molecular flexibility index (Phi) is 7.45. The Balaban J connectivity index is 1.75. The van der Waals surface area contributed by atoms with Crippen molar-refractivity contribution in [1.82, 2.24) is 9.55 Å². The molecule has 0 amide bonds. The number of H-pyrrole nitrogens is 1. The predicted molar refractivity (Wildman–Crippen MR) is 112 cm³/mol. The van der Waals surface area contributed by atoms with Crippen LogP contribution < -0.4 is 25.5 Å². The Morgan fingerprint density at radius 2 is 1.84 bits per heavy atom. The average Bonchev–Trinajstić information content (AvgIpc) is 2.76. The molecule has 1 heterocycles. The van der Waals surface area contributed by atoms with E-state index in [-0.39, 0.29) is 31.1 Å². The van der Waals surface area contributed by atoms with E-state index in [1.165, 1.54) is 16.8 Å². The number of aliphatic hydroxyl groups excluding tert-OH is 1. The molecule has 0 aliphatic heterocycles. The fraction of sp³-hybridized carbons (Fsp3) is 0.227. The number of nitriles is 1. The van der Waals surface area contributed by atoms with Gasteiger partial charge < -0.3 is 19.3 Å². The number of nitrogens with one attached hydrogen (secondary N) is 1. The van der Waals surface area contributed by atoms with Gasteiger partial charge in [0.15, 0.2) is 11.5 Å². The summed E-state index contributed by atoms with van der Waals surface area (Å²) in [6.07, 6.45) is 1.90. The summed E-state index contributed by atoms with van der Waals surface area (Å²) < 4.78 is 18.6. The number of rotatable bonds is 10. The zero-order valence-electron chi connectivity index (χ0n) is 16.6. The van der Waals surface area contributed by atoms with Gasteiger partial charge in [0.25, 0.3) is 5.56 Å². The summed E-state index contributed by atoms with van der Waals surface area (Å²) in [5, 5.41) is 18.3. The van der Waals surface area contributed by atoms with Crippen molar-refractivity contribution < 1.29 is 19.3 Å². The largest absolute Gasteiger partial charge is 0.493 e. The third-order valence-electron chi connectivity index (χ3n) is 4.18. The number of ether oxygens (including phenoxy) is 3. The van der Waals surface area contributed by atoms with Crippen molar-refractivity contribution in [3.63, 3.8) is 0 Å². The third-order valence-corrected chi connectivity index (χ3v) is 4.18. The maximum atomic E-state index is 11.8. The van der Waals surface area contributed by atoms with Gasteiger partial charge in [-0.2, -0.15) is 5.26 Å². The molecular formula is C22H21N3O6. The highest BCUT2D eigenvalue weighted by Gasteiger charge is 2.13. The molecule has 0 saturated carbocycles. The van der Waals surface area contributed by atoms with Crippen LogP contribution in [0.15, 0.2) is 64.3 Å². The van der Waals surface area contributed by atoms with Gasteiger partial charge in [0.05, 0.1) is 18.7 Å². The Labute approximate surface area is 177 Å². The van der Waals surface area contributed by atoms with E-state index in [9.17, 15) is 14.9 Å². The number of benzene rings is 2. The summed E-state index contributed by atoms with van der Waals surface area (Å²) in [6.45, 7) is 0.715. The van der Waals surface area contributed by atoms with Gasteiger partial charge in [-0.3, -0.25) is 14.3 Å². The number of aliphatic hydroxyl groups is 1. The van der Waals surface area contributed by atoms with E-state index in [0.717, 1.165) is 0 Å². The monoisotopic (exact) mass is 423 g/mol. The minimum Gasteiger partial charge on any atom is -0.493 e. The molecule has 0 saturated heterocycles. The average molecular weight is 423 g/mol. The quantitative estimate of drug-likeness (QED) is 0.478. The molecule has 3 rings (SSSR count). The second-order valence-electron chi connectivity index (χ2n) is 6.40. The number of aromatic nitrogens is 2. The number of hydrogen-bond donors (Lipinski definition) is 2. The second-order valence-corrected chi connectivity index (χ2v) is 6.40. The van der Waals surface area contributed by atoms with Gasteiger partial charge in [0, 0.05) is 31.4 Å². The maximum Gasteiger partial charge on any atom is 0.328 e. The molecule has 31 heavy (non-hydrogen) atoms. The van der Waals surface area contributed by atoms with Crippen LogP contribution >= 0.6 is 0 Å². The van der Waals surface area contributed by atoms with Crippen LogP contribution in [-0.4, -0.2) is 34.5 Å². The van der Waals surface area contributed by atoms with Crippen LogP contribution in [0.3, 0.4) is 0 Å². The normalized spacial score (nSPS) is 10.3. The summed E-state index contributed by atoms with van der Waals surface area (Å²) in [5.41, 5.74) is -0.719. The van der Waals surface area contributed by atoms with Gasteiger partial charge in [0.1, 0.15) is 24.2 Å². The highest BCUT2D eigenvalue weighted by atomic mass is 16.5. The molecule has 0 unspecified atom stereocenters. The Bertz CT molecular complexity index is 1180. The molecule has 9 nitrogen and oxygen atoms in total. The lowest BCUT2D eigenvalue weighted by Gasteiger charge is -2.15. The molecular weight excluding hydrogens is 402 g/mol. The first-order chi connectivity index (χ1) is 15.1. The van der Waals surface area contributed by atoms with Gasteiger partial charge in [0.2, 0.25) is 0 Å². The van der Waals surface area contributed by atoms with Crippen LogP contribution in [0.2, 0.25) is 0 Å². The highest BCUT2D eigenvalue weighted by molar-refractivity contribution is 5.54. The Morgan fingerprint density at radius 3 is 2.61 bits per heavy atom. The van der Waals surface area contributed by atoms with Gasteiger partial charge >= 0.3 is 5.69 Å². The first-order valence-electron chi connectivity index (χ1n) is 9.58. The predicted octanol–water partition coefficient (Wildman–Crippen LogP) is 2.04. The van der Waals surface area contributed by atoms with Crippen molar-refractivity contribution in [1.29, 1.82) is 5.26 Å². The van der Waals surface area contributed by atoms with E-state index >= 15 is 0 Å². The molecule has 0 aliphatic rings. The van der Waals surface area contributed by atoms with Crippen molar-refractivity contribution in [3.8, 4) is 29.1 Å². The van der Waals surface area contributed by atoms with Gasteiger partial charge in [-0.05, 0) is 24.3 Å². The van der Waals surface area contributed by atoms with Crippen molar-refractivity contribution in [2.75, 3.05) is 19.8 Å². The Hall–Kier alpha value is -4.03. The van der Waals surface area contributed by atoms with E-state index < -0.39 is 11.2 Å². The van der Waals surface area contributed by atoms with Crippen LogP contribution in [0.25, 0.3) is 0 Å². The lowest BCUT2D eigenvalue weighted by Crippen LogP contribution is -2.30. The molecule has 1 aromatic heterocycles. The minimum atomic E-state index is -0.531. The number of nitrogens with zero attached hydrogens (tertiary/aromatic N) is 2. The highest BCUT2D eigenvalue weighted by Crippen LogP contribution is 2.35. The molecule has 3 aromatic rings. The lowest BCUT2D eigenvalue weighted by molar-refractivity contribution is 0.233. The first-order valence-corrected chi connectivity index (χ1v) is 9.58. The fourth-order valence-electron chi connectivity index (χ4n) is 2.70. The lowest BCUT2D eigenvalue weighted by atomic mass is 10.2. The van der Waals surface area contributed by atoms with Crippen LogP contribution in [-0.2, 0) is 6.54 Å². The molecule has 0 aliphatic carbocycles. The molecule has 9 heteroatoms. The zero-order valence-corrected chi connectivity index (χ0v) is 16.6. The zero-order chi connectivity index (χ0) is 22.1. The van der Waals surface area contributed by atoms with Crippen molar-refractivity contribution in [2.24, 2.45) is 0 Å². The second kappa shape index (κ2) is 10.7. The molecule has 0 fully saturated rings. The SMILES string of the molecule is N#Cc1cccc(OCCn2ccc(=O)[nH]c2=O)c1Oc1cccc(OCCCO)c1. The molecule has 0 atom stereocenters.